The van der Waals surface area contributed by atoms with Gasteiger partial charge in [0.05, 0.1) is 5.56 Å². The summed E-state index contributed by atoms with van der Waals surface area (Å²) in [4.78, 5) is 11.1. The lowest BCUT2D eigenvalue weighted by molar-refractivity contribution is 0.100. The number of nitrogens with zero attached hydrogens (tertiary/aromatic N) is 2. The van der Waals surface area contributed by atoms with Gasteiger partial charge in [0.2, 0.25) is 0 Å². The number of fused-ring (bicyclic) bond motifs is 1. The molecule has 0 fully saturated rings. The largest absolute Gasteiger partial charge is 0.366 e. The summed E-state index contributed by atoms with van der Waals surface area (Å²) in [7, 11) is 0. The fourth-order valence-electron chi connectivity index (χ4n) is 1.34. The van der Waals surface area contributed by atoms with Crippen molar-refractivity contribution < 1.29 is 4.79 Å². The number of nitrogens with two attached hydrogens (primary N) is 1. The number of benzene rings is 1. The van der Waals surface area contributed by atoms with Crippen LogP contribution in [-0.4, -0.2) is 5.91 Å². The highest BCUT2D eigenvalue weighted by Crippen LogP contribution is 2.26. The van der Waals surface area contributed by atoms with E-state index in [-0.39, 0.29) is 0 Å². The van der Waals surface area contributed by atoms with Gasteiger partial charge in [-0.1, -0.05) is 24.3 Å². The quantitative estimate of drug-likeness (QED) is 0.741. The standard InChI is InChI=1S/C11H9N3O/c12-11(15)9-6-3-5-8-4-1-2-7-13-14-10(8)9/h1-7H,(H2,12,15). The van der Waals surface area contributed by atoms with E-state index in [9.17, 15) is 4.79 Å². The van der Waals surface area contributed by atoms with E-state index >= 15 is 0 Å². The molecule has 0 saturated heterocycles. The number of rotatable bonds is 1. The Bertz CT molecular complexity index is 487. The van der Waals surface area contributed by atoms with Gasteiger partial charge in [0.25, 0.3) is 5.91 Å². The van der Waals surface area contributed by atoms with Crippen LogP contribution in [0.3, 0.4) is 0 Å². The van der Waals surface area contributed by atoms with Gasteiger partial charge in [-0.2, -0.15) is 5.11 Å². The molecule has 0 bridgehead atoms. The van der Waals surface area contributed by atoms with Crippen LogP contribution in [0.4, 0.5) is 5.69 Å². The molecule has 4 nitrogen and oxygen atoms in total. The van der Waals surface area contributed by atoms with Crippen molar-refractivity contribution in [1.82, 2.24) is 0 Å². The first-order chi connectivity index (χ1) is 7.29. The van der Waals surface area contributed by atoms with Gasteiger partial charge in [-0.25, -0.2) is 0 Å². The SMILES string of the molecule is NC(=O)c1cccc2c1N=NC=CC=C2. The van der Waals surface area contributed by atoms with Gasteiger partial charge in [0.15, 0.2) is 0 Å². The highest BCUT2D eigenvalue weighted by atomic mass is 16.1. The lowest BCUT2D eigenvalue weighted by atomic mass is 10.1. The number of azo groups is 1. The van der Waals surface area contributed by atoms with Crippen LogP contribution in [0.5, 0.6) is 0 Å². The molecule has 1 heterocycles. The molecular formula is C11H9N3O. The highest BCUT2D eigenvalue weighted by Gasteiger charge is 2.10. The van der Waals surface area contributed by atoms with Crippen molar-refractivity contribution in [2.24, 2.45) is 16.0 Å². The van der Waals surface area contributed by atoms with Crippen LogP contribution in [0.15, 0.2) is 46.8 Å². The third kappa shape index (κ3) is 1.83. The summed E-state index contributed by atoms with van der Waals surface area (Å²) in [5.74, 6) is -0.497. The lowest BCUT2D eigenvalue weighted by Gasteiger charge is -2.04. The summed E-state index contributed by atoms with van der Waals surface area (Å²) >= 11 is 0. The third-order valence-corrected chi connectivity index (χ3v) is 2.03. The second kappa shape index (κ2) is 3.88. The summed E-state index contributed by atoms with van der Waals surface area (Å²) < 4.78 is 0. The van der Waals surface area contributed by atoms with Crippen molar-refractivity contribution in [3.8, 4) is 0 Å². The molecule has 0 unspecified atom stereocenters. The number of hydrogen-bond acceptors (Lipinski definition) is 3. The second-order valence-electron chi connectivity index (χ2n) is 3.02. The second-order valence-corrected chi connectivity index (χ2v) is 3.02. The first-order valence-electron chi connectivity index (χ1n) is 4.46. The Labute approximate surface area is 86.8 Å². The number of primary amides is 1. The molecule has 15 heavy (non-hydrogen) atoms. The summed E-state index contributed by atoms with van der Waals surface area (Å²) in [6.45, 7) is 0. The van der Waals surface area contributed by atoms with Crippen LogP contribution >= 0.6 is 0 Å². The molecule has 0 saturated carbocycles. The van der Waals surface area contributed by atoms with Crippen molar-refractivity contribution >= 4 is 17.7 Å². The Morgan fingerprint density at radius 2 is 2.13 bits per heavy atom. The zero-order chi connectivity index (χ0) is 10.7. The van der Waals surface area contributed by atoms with Crippen LogP contribution in [0.25, 0.3) is 6.08 Å². The lowest BCUT2D eigenvalue weighted by Crippen LogP contribution is -2.11. The van der Waals surface area contributed by atoms with Crippen molar-refractivity contribution in [1.29, 1.82) is 0 Å². The Balaban J connectivity index is 2.64. The van der Waals surface area contributed by atoms with E-state index in [4.69, 9.17) is 5.73 Å². The fraction of sp³-hybridized carbons (Fsp3) is 0. The van der Waals surface area contributed by atoms with E-state index in [2.05, 4.69) is 10.2 Å². The van der Waals surface area contributed by atoms with Crippen molar-refractivity contribution in [3.05, 3.63) is 47.7 Å². The molecule has 1 amide bonds. The minimum atomic E-state index is -0.497. The molecular weight excluding hydrogens is 190 g/mol. The molecule has 1 aliphatic rings. The molecule has 2 N–H and O–H groups in total. The minimum Gasteiger partial charge on any atom is -0.366 e. The predicted octanol–water partition coefficient (Wildman–Crippen LogP) is 2.41. The van der Waals surface area contributed by atoms with Crippen molar-refractivity contribution in [2.75, 3.05) is 0 Å². The smallest absolute Gasteiger partial charge is 0.250 e. The van der Waals surface area contributed by atoms with Gasteiger partial charge < -0.3 is 5.73 Å². The van der Waals surface area contributed by atoms with Gasteiger partial charge in [-0.3, -0.25) is 4.79 Å². The molecule has 0 radical (unpaired) electrons. The Kier molecular flexibility index (Phi) is 2.41. The molecule has 1 aliphatic heterocycles. The average molecular weight is 199 g/mol. The Morgan fingerprint density at radius 3 is 2.93 bits per heavy atom. The van der Waals surface area contributed by atoms with E-state index in [0.29, 0.717) is 11.3 Å². The van der Waals surface area contributed by atoms with E-state index in [1.54, 1.807) is 24.4 Å². The number of hydrogen-bond donors (Lipinski definition) is 1. The fourth-order valence-corrected chi connectivity index (χ4v) is 1.34. The summed E-state index contributed by atoms with van der Waals surface area (Å²) in [6.07, 6.45) is 7.01. The molecule has 1 aromatic carbocycles. The molecule has 4 heteroatoms. The number of amides is 1. The molecule has 0 aliphatic carbocycles. The predicted molar refractivity (Wildman–Crippen MR) is 57.6 cm³/mol. The van der Waals surface area contributed by atoms with Crippen LogP contribution in [0.1, 0.15) is 15.9 Å². The van der Waals surface area contributed by atoms with Crippen LogP contribution in [0.2, 0.25) is 0 Å². The van der Waals surface area contributed by atoms with Crippen LogP contribution in [-0.2, 0) is 0 Å². The first-order valence-corrected chi connectivity index (χ1v) is 4.46. The van der Waals surface area contributed by atoms with Crippen molar-refractivity contribution in [3.63, 3.8) is 0 Å². The first kappa shape index (κ1) is 9.33. The molecule has 0 aromatic heterocycles. The molecule has 2 rings (SSSR count). The number of allylic oxidation sites excluding steroid dienone is 2. The van der Waals surface area contributed by atoms with Gasteiger partial charge in [-0.15, -0.1) is 5.11 Å². The zero-order valence-electron chi connectivity index (χ0n) is 7.92. The minimum absolute atomic E-state index is 0.385. The summed E-state index contributed by atoms with van der Waals surface area (Å²) in [5, 5.41) is 7.75. The van der Waals surface area contributed by atoms with Crippen LogP contribution in [0, 0.1) is 0 Å². The summed E-state index contributed by atoms with van der Waals surface area (Å²) in [5.41, 5.74) is 6.98. The van der Waals surface area contributed by atoms with E-state index in [1.807, 2.05) is 18.2 Å². The molecule has 1 aromatic rings. The normalized spacial score (nSPS) is 13.1. The maximum atomic E-state index is 11.1. The number of carbonyl (C=O) groups excluding carboxylic acids is 1. The Hall–Kier alpha value is -2.23. The van der Waals surface area contributed by atoms with Gasteiger partial charge in [-0.05, 0) is 12.1 Å². The molecule has 74 valence electrons. The van der Waals surface area contributed by atoms with Crippen molar-refractivity contribution in [2.45, 2.75) is 0 Å². The third-order valence-electron chi connectivity index (χ3n) is 2.03. The zero-order valence-corrected chi connectivity index (χ0v) is 7.92. The Morgan fingerprint density at radius 1 is 1.27 bits per heavy atom. The van der Waals surface area contributed by atoms with Gasteiger partial charge in [0, 0.05) is 11.8 Å². The average Bonchev–Trinajstić information content (AvgIpc) is 2.17. The molecule has 0 spiro atoms. The maximum Gasteiger partial charge on any atom is 0.250 e. The van der Waals surface area contributed by atoms with E-state index in [0.717, 1.165) is 5.56 Å². The maximum absolute atomic E-state index is 11.1. The molecule has 0 atom stereocenters. The van der Waals surface area contributed by atoms with E-state index in [1.165, 1.54) is 0 Å². The monoisotopic (exact) mass is 199 g/mol. The number of carbonyl (C=O) groups is 1. The topological polar surface area (TPSA) is 67.8 Å². The van der Waals surface area contributed by atoms with Gasteiger partial charge in [0.1, 0.15) is 5.69 Å². The van der Waals surface area contributed by atoms with E-state index < -0.39 is 5.91 Å². The highest BCUT2D eigenvalue weighted by molar-refractivity contribution is 5.99. The van der Waals surface area contributed by atoms with Gasteiger partial charge >= 0.3 is 0 Å². The van der Waals surface area contributed by atoms with Crippen LogP contribution < -0.4 is 5.73 Å². The summed E-state index contributed by atoms with van der Waals surface area (Å²) in [6, 6.07) is 5.26.